The number of morpholine rings is 1. The van der Waals surface area contributed by atoms with E-state index in [0.717, 1.165) is 87.4 Å². The fraction of sp³-hybridized carbons (Fsp3) is 0.571. The number of rotatable bonds is 6. The lowest BCUT2D eigenvalue weighted by Gasteiger charge is -2.34. The minimum absolute atomic E-state index is 0.458. The second-order valence-electron chi connectivity index (χ2n) is 7.44. The van der Waals surface area contributed by atoms with Gasteiger partial charge in [-0.3, -0.25) is 9.89 Å². The number of nitrogens with zero attached hydrogens (tertiary/aromatic N) is 3. The van der Waals surface area contributed by atoms with Crippen molar-refractivity contribution >= 4 is 23.0 Å². The van der Waals surface area contributed by atoms with E-state index >= 15 is 0 Å². The van der Waals surface area contributed by atoms with E-state index in [1.54, 1.807) is 0 Å². The van der Waals surface area contributed by atoms with Gasteiger partial charge in [-0.1, -0.05) is 11.6 Å². The maximum absolute atomic E-state index is 6.38. The van der Waals surface area contributed by atoms with Crippen molar-refractivity contribution in [3.63, 3.8) is 0 Å². The summed E-state index contributed by atoms with van der Waals surface area (Å²) in [6.45, 7) is 10.4. The van der Waals surface area contributed by atoms with Crippen LogP contribution in [0.1, 0.15) is 19.8 Å². The molecule has 1 aromatic rings. The molecular formula is C21H31ClN4O. The van der Waals surface area contributed by atoms with Crippen LogP contribution in [0.25, 0.3) is 0 Å². The number of hydrogen-bond acceptors (Lipinski definition) is 5. The Morgan fingerprint density at radius 3 is 2.33 bits per heavy atom. The quantitative estimate of drug-likeness (QED) is 0.757. The van der Waals surface area contributed by atoms with Crippen LogP contribution in [-0.4, -0.2) is 68.0 Å². The maximum Gasteiger partial charge on any atom is 0.0633 e. The Morgan fingerprint density at radius 2 is 1.70 bits per heavy atom. The molecule has 2 aliphatic heterocycles. The number of ether oxygens (including phenoxy) is 1. The molecule has 0 radical (unpaired) electrons. The second kappa shape index (κ2) is 10.2. The topological polar surface area (TPSA) is 54.1 Å². The Bertz CT molecular complexity index is 645. The highest BCUT2D eigenvalue weighted by atomic mass is 35.5. The smallest absolute Gasteiger partial charge is 0.0633 e. The molecule has 3 rings (SSSR count). The van der Waals surface area contributed by atoms with Crippen LogP contribution < -0.4 is 5.73 Å². The summed E-state index contributed by atoms with van der Waals surface area (Å²) in [5.74, 6) is 0.458. The molecule has 6 heteroatoms. The summed E-state index contributed by atoms with van der Waals surface area (Å²) >= 11 is 5.92. The number of nitrogens with two attached hydrogens (primary N) is 1. The zero-order valence-electron chi connectivity index (χ0n) is 16.2. The summed E-state index contributed by atoms with van der Waals surface area (Å²) in [6.07, 6.45) is 4.28. The molecule has 2 N–H and O–H groups in total. The fourth-order valence-electron chi connectivity index (χ4n) is 3.71. The van der Waals surface area contributed by atoms with E-state index < -0.39 is 0 Å². The van der Waals surface area contributed by atoms with Crippen molar-refractivity contribution in [3.05, 3.63) is 41.1 Å². The van der Waals surface area contributed by atoms with Crippen molar-refractivity contribution in [2.24, 2.45) is 16.6 Å². The van der Waals surface area contributed by atoms with Crippen molar-refractivity contribution in [2.75, 3.05) is 52.5 Å². The third-order valence-electron chi connectivity index (χ3n) is 5.40. The molecule has 0 aromatic heterocycles. The highest BCUT2D eigenvalue weighted by Crippen LogP contribution is 2.22. The molecule has 27 heavy (non-hydrogen) atoms. The minimum Gasteiger partial charge on any atom is -0.402 e. The molecule has 2 fully saturated rings. The molecule has 5 nitrogen and oxygen atoms in total. The first-order valence-corrected chi connectivity index (χ1v) is 10.3. The van der Waals surface area contributed by atoms with Gasteiger partial charge in [-0.25, -0.2) is 0 Å². The summed E-state index contributed by atoms with van der Waals surface area (Å²) in [5.41, 5.74) is 9.18. The van der Waals surface area contributed by atoms with E-state index in [-0.39, 0.29) is 0 Å². The Hall–Kier alpha value is -1.40. The molecule has 1 aromatic carbocycles. The summed E-state index contributed by atoms with van der Waals surface area (Å²) in [6, 6.07) is 7.55. The molecule has 0 saturated carbocycles. The van der Waals surface area contributed by atoms with Crippen molar-refractivity contribution in [3.8, 4) is 0 Å². The molecule has 0 spiro atoms. The number of hydrogen-bond donors (Lipinski definition) is 1. The number of halogens is 1. The van der Waals surface area contributed by atoms with Crippen LogP contribution in [0.3, 0.4) is 0 Å². The first-order chi connectivity index (χ1) is 13.1. The normalized spacial score (nSPS) is 21.6. The molecule has 2 saturated heterocycles. The van der Waals surface area contributed by atoms with Crippen molar-refractivity contribution < 1.29 is 4.74 Å². The standard InChI is InChI=1S/C21H31ClN4O/c1-17(24-20-4-2-19(22)3-5-20)16-21(23)18-6-8-25(9-7-18)10-11-26-12-14-27-15-13-26/h2-5,16,18H,6-15,23H2,1H3/b21-16-,24-17?. The van der Waals surface area contributed by atoms with Gasteiger partial charge < -0.3 is 15.4 Å². The molecular weight excluding hydrogens is 360 g/mol. The molecule has 148 valence electrons. The predicted octanol–water partition coefficient (Wildman–Crippen LogP) is 3.32. The van der Waals surface area contributed by atoms with E-state index in [1.807, 2.05) is 37.3 Å². The number of likely N-dealkylation sites (tertiary alicyclic amines) is 1. The van der Waals surface area contributed by atoms with E-state index in [9.17, 15) is 0 Å². The van der Waals surface area contributed by atoms with Gasteiger partial charge in [0.15, 0.2) is 0 Å². The van der Waals surface area contributed by atoms with Gasteiger partial charge in [0, 0.05) is 48.5 Å². The summed E-state index contributed by atoms with van der Waals surface area (Å²) in [5, 5.41) is 0.724. The average molecular weight is 391 g/mol. The first kappa shape index (κ1) is 20.3. The van der Waals surface area contributed by atoms with Gasteiger partial charge in [0.25, 0.3) is 0 Å². The number of aliphatic imine (C=N–C) groups is 1. The zero-order valence-corrected chi connectivity index (χ0v) is 17.0. The lowest BCUT2D eigenvalue weighted by molar-refractivity contribution is 0.0317. The van der Waals surface area contributed by atoms with E-state index in [1.165, 1.54) is 0 Å². The average Bonchev–Trinajstić information content (AvgIpc) is 2.69. The van der Waals surface area contributed by atoms with Gasteiger partial charge in [0.05, 0.1) is 18.9 Å². The lowest BCUT2D eigenvalue weighted by atomic mass is 9.93. The Labute approximate surface area is 167 Å². The van der Waals surface area contributed by atoms with Crippen molar-refractivity contribution in [1.82, 2.24) is 9.80 Å². The summed E-state index contributed by atoms with van der Waals surface area (Å²) < 4.78 is 5.42. The second-order valence-corrected chi connectivity index (χ2v) is 7.88. The monoisotopic (exact) mass is 390 g/mol. The first-order valence-electron chi connectivity index (χ1n) is 9.90. The van der Waals surface area contributed by atoms with Gasteiger partial charge in [0.1, 0.15) is 0 Å². The minimum atomic E-state index is 0.458. The van der Waals surface area contributed by atoms with E-state index in [0.29, 0.717) is 5.92 Å². The van der Waals surface area contributed by atoms with Crippen LogP contribution in [0.15, 0.2) is 41.0 Å². The number of benzene rings is 1. The molecule has 0 unspecified atom stereocenters. The highest BCUT2D eigenvalue weighted by Gasteiger charge is 2.21. The van der Waals surface area contributed by atoms with Gasteiger partial charge >= 0.3 is 0 Å². The van der Waals surface area contributed by atoms with Gasteiger partial charge in [-0.15, -0.1) is 0 Å². The molecule has 2 heterocycles. The largest absolute Gasteiger partial charge is 0.402 e. The Kier molecular flexibility index (Phi) is 7.70. The van der Waals surface area contributed by atoms with Crippen LogP contribution in [0.4, 0.5) is 5.69 Å². The number of piperidine rings is 1. The predicted molar refractivity (Wildman–Crippen MR) is 113 cm³/mol. The summed E-state index contributed by atoms with van der Waals surface area (Å²) in [7, 11) is 0. The van der Waals surface area contributed by atoms with Crippen LogP contribution in [0, 0.1) is 5.92 Å². The van der Waals surface area contributed by atoms with Crippen LogP contribution in [0.5, 0.6) is 0 Å². The Balaban J connectivity index is 1.45. The van der Waals surface area contributed by atoms with E-state index in [2.05, 4.69) is 14.8 Å². The Morgan fingerprint density at radius 1 is 1.11 bits per heavy atom. The van der Waals surface area contributed by atoms with Gasteiger partial charge in [0.2, 0.25) is 0 Å². The summed E-state index contributed by atoms with van der Waals surface area (Å²) in [4.78, 5) is 9.67. The fourth-order valence-corrected chi connectivity index (χ4v) is 3.83. The van der Waals surface area contributed by atoms with Gasteiger partial charge in [-0.2, -0.15) is 0 Å². The molecule has 0 amide bonds. The van der Waals surface area contributed by atoms with Crippen molar-refractivity contribution in [1.29, 1.82) is 0 Å². The molecule has 2 aliphatic rings. The van der Waals surface area contributed by atoms with Crippen LogP contribution in [0.2, 0.25) is 5.02 Å². The zero-order chi connectivity index (χ0) is 19.1. The lowest BCUT2D eigenvalue weighted by Crippen LogP contribution is -2.43. The van der Waals surface area contributed by atoms with E-state index in [4.69, 9.17) is 22.1 Å². The highest BCUT2D eigenvalue weighted by molar-refractivity contribution is 6.30. The molecule has 0 atom stereocenters. The number of allylic oxidation sites excluding steroid dienone is 2. The third-order valence-corrected chi connectivity index (χ3v) is 5.65. The van der Waals surface area contributed by atoms with Crippen LogP contribution in [-0.2, 0) is 4.74 Å². The van der Waals surface area contributed by atoms with Crippen molar-refractivity contribution in [2.45, 2.75) is 19.8 Å². The van der Waals surface area contributed by atoms with Gasteiger partial charge in [-0.05, 0) is 63.2 Å². The maximum atomic E-state index is 6.38. The SMILES string of the molecule is CC(/C=C(\N)C1CCN(CCN2CCOCC2)CC1)=Nc1ccc(Cl)cc1. The molecule has 0 aliphatic carbocycles. The third kappa shape index (κ3) is 6.61. The molecule has 0 bridgehead atoms. The van der Waals surface area contributed by atoms with Crippen LogP contribution >= 0.6 is 11.6 Å².